The lowest BCUT2D eigenvalue weighted by Gasteiger charge is -2.12. The molecule has 0 heterocycles. The Hall–Kier alpha value is -2.54. The summed E-state index contributed by atoms with van der Waals surface area (Å²) < 4.78 is 11.4. The Morgan fingerprint density at radius 1 is 1.17 bits per heavy atom. The number of amides is 2. The summed E-state index contributed by atoms with van der Waals surface area (Å²) in [5.41, 5.74) is 5.86. The van der Waals surface area contributed by atoms with Gasteiger partial charge in [0.25, 0.3) is 5.91 Å². The summed E-state index contributed by atoms with van der Waals surface area (Å²) in [5.74, 6) is 0.0234. The maximum Gasteiger partial charge on any atom is 0.262 e. The van der Waals surface area contributed by atoms with Crippen molar-refractivity contribution >= 4 is 33.4 Å². The van der Waals surface area contributed by atoms with Gasteiger partial charge in [0.15, 0.2) is 6.61 Å². The first-order valence-corrected chi connectivity index (χ1v) is 7.45. The van der Waals surface area contributed by atoms with E-state index in [1.54, 1.807) is 18.2 Å². The predicted octanol–water partition coefficient (Wildman–Crippen LogP) is 2.57. The second-order valence-corrected chi connectivity index (χ2v) is 5.49. The summed E-state index contributed by atoms with van der Waals surface area (Å²) in [6.07, 6.45) is 0. The van der Waals surface area contributed by atoms with E-state index in [1.165, 1.54) is 19.2 Å². The molecule has 2 amide bonds. The Balaban J connectivity index is 2.02. The number of primary amides is 1. The molecule has 0 aliphatic heterocycles. The monoisotopic (exact) mass is 378 g/mol. The Bertz CT molecular complexity index is 717. The Morgan fingerprint density at radius 2 is 1.87 bits per heavy atom. The molecule has 0 atom stereocenters. The molecule has 0 radical (unpaired) electrons. The average Bonchev–Trinajstić information content (AvgIpc) is 2.54. The van der Waals surface area contributed by atoms with E-state index in [0.29, 0.717) is 17.2 Å². The number of hydrogen-bond acceptors (Lipinski definition) is 4. The van der Waals surface area contributed by atoms with Gasteiger partial charge in [-0.3, -0.25) is 9.59 Å². The van der Waals surface area contributed by atoms with Crippen molar-refractivity contribution in [3.05, 3.63) is 52.5 Å². The summed E-state index contributed by atoms with van der Waals surface area (Å²) in [4.78, 5) is 23.2. The van der Waals surface area contributed by atoms with Crippen molar-refractivity contribution in [2.24, 2.45) is 5.73 Å². The largest absolute Gasteiger partial charge is 0.495 e. The van der Waals surface area contributed by atoms with E-state index >= 15 is 0 Å². The SMILES string of the molecule is COc1ccc(C(N)=O)cc1NC(=O)COc1ccc(Br)cc1. The van der Waals surface area contributed by atoms with E-state index in [4.69, 9.17) is 15.2 Å². The number of halogens is 1. The number of hydrogen-bond donors (Lipinski definition) is 2. The van der Waals surface area contributed by atoms with Gasteiger partial charge < -0.3 is 20.5 Å². The highest BCUT2D eigenvalue weighted by atomic mass is 79.9. The molecule has 0 fully saturated rings. The number of ether oxygens (including phenoxy) is 2. The molecule has 0 aromatic heterocycles. The van der Waals surface area contributed by atoms with Crippen molar-refractivity contribution in [3.8, 4) is 11.5 Å². The highest BCUT2D eigenvalue weighted by Gasteiger charge is 2.11. The minimum absolute atomic E-state index is 0.175. The third-order valence-corrected chi connectivity index (χ3v) is 3.47. The van der Waals surface area contributed by atoms with Gasteiger partial charge in [0, 0.05) is 10.0 Å². The Morgan fingerprint density at radius 3 is 2.48 bits per heavy atom. The van der Waals surface area contributed by atoms with Crippen LogP contribution in [0.1, 0.15) is 10.4 Å². The van der Waals surface area contributed by atoms with E-state index in [0.717, 1.165) is 4.47 Å². The van der Waals surface area contributed by atoms with Crippen LogP contribution in [-0.4, -0.2) is 25.5 Å². The second-order valence-electron chi connectivity index (χ2n) is 4.57. The number of benzene rings is 2. The van der Waals surface area contributed by atoms with Crippen LogP contribution in [0, 0.1) is 0 Å². The van der Waals surface area contributed by atoms with Crippen molar-refractivity contribution in [1.29, 1.82) is 0 Å². The summed E-state index contributed by atoms with van der Waals surface area (Å²) >= 11 is 3.32. The molecule has 2 rings (SSSR count). The van der Waals surface area contributed by atoms with Gasteiger partial charge in [-0.2, -0.15) is 0 Å². The molecule has 2 aromatic rings. The molecule has 6 nitrogen and oxygen atoms in total. The third kappa shape index (κ3) is 4.72. The Labute approximate surface area is 141 Å². The van der Waals surface area contributed by atoms with Gasteiger partial charge in [-0.25, -0.2) is 0 Å². The lowest BCUT2D eigenvalue weighted by atomic mass is 10.1. The number of methoxy groups -OCH3 is 1. The van der Waals surface area contributed by atoms with Crippen LogP contribution in [0.5, 0.6) is 11.5 Å². The first kappa shape index (κ1) is 16.8. The van der Waals surface area contributed by atoms with Crippen molar-refractivity contribution in [1.82, 2.24) is 0 Å². The van der Waals surface area contributed by atoms with Gasteiger partial charge in [-0.15, -0.1) is 0 Å². The highest BCUT2D eigenvalue weighted by molar-refractivity contribution is 9.10. The number of carbonyl (C=O) groups is 2. The van der Waals surface area contributed by atoms with E-state index in [1.807, 2.05) is 12.1 Å². The van der Waals surface area contributed by atoms with Gasteiger partial charge in [-0.1, -0.05) is 15.9 Å². The van der Waals surface area contributed by atoms with Crippen molar-refractivity contribution in [3.63, 3.8) is 0 Å². The molecule has 0 aliphatic rings. The predicted molar refractivity (Wildman–Crippen MR) is 89.8 cm³/mol. The summed E-state index contributed by atoms with van der Waals surface area (Å²) in [5, 5.41) is 2.63. The van der Waals surface area contributed by atoms with Gasteiger partial charge in [0.1, 0.15) is 11.5 Å². The van der Waals surface area contributed by atoms with Crippen molar-refractivity contribution in [2.75, 3.05) is 19.0 Å². The number of rotatable bonds is 6. The Kier molecular flexibility index (Phi) is 5.59. The molecule has 23 heavy (non-hydrogen) atoms. The van der Waals surface area contributed by atoms with Gasteiger partial charge in [0.05, 0.1) is 12.8 Å². The lowest BCUT2D eigenvalue weighted by molar-refractivity contribution is -0.118. The normalized spacial score (nSPS) is 10.0. The highest BCUT2D eigenvalue weighted by Crippen LogP contribution is 2.25. The van der Waals surface area contributed by atoms with Crippen LogP contribution in [0.3, 0.4) is 0 Å². The topological polar surface area (TPSA) is 90.6 Å². The van der Waals surface area contributed by atoms with Crippen LogP contribution >= 0.6 is 15.9 Å². The quantitative estimate of drug-likeness (QED) is 0.807. The molecule has 3 N–H and O–H groups in total. The fraction of sp³-hybridized carbons (Fsp3) is 0.125. The first-order chi connectivity index (χ1) is 11.0. The number of nitrogens with one attached hydrogen (secondary N) is 1. The zero-order valence-electron chi connectivity index (χ0n) is 12.3. The van der Waals surface area contributed by atoms with Crippen LogP contribution in [-0.2, 0) is 4.79 Å². The average molecular weight is 379 g/mol. The maximum absolute atomic E-state index is 12.0. The van der Waals surface area contributed by atoms with Gasteiger partial charge in [-0.05, 0) is 42.5 Å². The summed E-state index contributed by atoms with van der Waals surface area (Å²) in [6.45, 7) is -0.175. The van der Waals surface area contributed by atoms with Crippen LogP contribution in [0.15, 0.2) is 46.9 Å². The molecule has 0 saturated carbocycles. The third-order valence-electron chi connectivity index (χ3n) is 2.94. The lowest BCUT2D eigenvalue weighted by Crippen LogP contribution is -2.21. The molecular weight excluding hydrogens is 364 g/mol. The van der Waals surface area contributed by atoms with Gasteiger partial charge in [0.2, 0.25) is 5.91 Å². The van der Waals surface area contributed by atoms with E-state index in [9.17, 15) is 9.59 Å². The van der Waals surface area contributed by atoms with Crippen LogP contribution < -0.4 is 20.5 Å². The zero-order chi connectivity index (χ0) is 16.8. The standard InChI is InChI=1S/C16H15BrN2O4/c1-22-14-7-2-10(16(18)21)8-13(14)19-15(20)9-23-12-5-3-11(17)4-6-12/h2-8H,9H2,1H3,(H2,18,21)(H,19,20). The first-order valence-electron chi connectivity index (χ1n) is 6.65. The van der Waals surface area contributed by atoms with Crippen molar-refractivity contribution in [2.45, 2.75) is 0 Å². The molecule has 0 unspecified atom stereocenters. The second kappa shape index (κ2) is 7.64. The zero-order valence-corrected chi connectivity index (χ0v) is 13.9. The van der Waals surface area contributed by atoms with Gasteiger partial charge >= 0.3 is 0 Å². The minimum Gasteiger partial charge on any atom is -0.495 e. The minimum atomic E-state index is -0.589. The molecule has 0 bridgehead atoms. The molecule has 7 heteroatoms. The number of anilines is 1. The fourth-order valence-electron chi connectivity index (χ4n) is 1.82. The smallest absolute Gasteiger partial charge is 0.262 e. The van der Waals surface area contributed by atoms with Crippen LogP contribution in [0.4, 0.5) is 5.69 Å². The maximum atomic E-state index is 12.0. The number of carbonyl (C=O) groups excluding carboxylic acids is 2. The van der Waals surface area contributed by atoms with Crippen molar-refractivity contribution < 1.29 is 19.1 Å². The molecule has 0 saturated heterocycles. The van der Waals surface area contributed by atoms with Crippen LogP contribution in [0.2, 0.25) is 0 Å². The van der Waals surface area contributed by atoms with Crippen LogP contribution in [0.25, 0.3) is 0 Å². The molecule has 0 spiro atoms. The summed E-state index contributed by atoms with van der Waals surface area (Å²) in [6, 6.07) is 11.6. The molecular formula is C16H15BrN2O4. The molecule has 0 aliphatic carbocycles. The number of nitrogens with two attached hydrogens (primary N) is 1. The summed E-state index contributed by atoms with van der Waals surface area (Å²) in [7, 11) is 1.47. The van der Waals surface area contributed by atoms with E-state index < -0.39 is 5.91 Å². The molecule has 2 aromatic carbocycles. The fourth-order valence-corrected chi connectivity index (χ4v) is 2.09. The van der Waals surface area contributed by atoms with E-state index in [2.05, 4.69) is 21.2 Å². The molecule has 120 valence electrons. The van der Waals surface area contributed by atoms with E-state index in [-0.39, 0.29) is 18.1 Å².